The second kappa shape index (κ2) is 15.4. The summed E-state index contributed by atoms with van der Waals surface area (Å²) in [7, 11) is 1.90. The molecule has 1 aromatic carbocycles. The summed E-state index contributed by atoms with van der Waals surface area (Å²) in [6.45, 7) is 8.30. The summed E-state index contributed by atoms with van der Waals surface area (Å²) in [6.07, 6.45) is 10.9. The Kier molecular flexibility index (Phi) is 12.8. The smallest absolute Gasteiger partial charge is 0.120 e. The van der Waals surface area contributed by atoms with Gasteiger partial charge in [0, 0.05) is 18.5 Å². The van der Waals surface area contributed by atoms with Crippen LogP contribution in [0.15, 0.2) is 77.6 Å². The fourth-order valence-electron chi connectivity index (χ4n) is 2.32. The molecule has 0 aliphatic rings. The monoisotopic (exact) mass is 384 g/mol. The zero-order valence-electron chi connectivity index (χ0n) is 16.7. The molecule has 0 saturated carbocycles. The lowest BCUT2D eigenvalue weighted by atomic mass is 10.1. The number of nitrogens with zero attached hydrogens (tertiary/aromatic N) is 2. The van der Waals surface area contributed by atoms with Gasteiger partial charge < -0.3 is 20.7 Å². The van der Waals surface area contributed by atoms with Crippen LogP contribution in [0.2, 0.25) is 0 Å². The topological polar surface area (TPSA) is 81.2 Å². The minimum absolute atomic E-state index is 0.125. The number of oxime groups is 2. The predicted octanol–water partition coefficient (Wildman–Crippen LogP) is 3.23. The molecule has 2 atom stereocenters. The summed E-state index contributed by atoms with van der Waals surface area (Å²) in [5.41, 5.74) is 8.21. The molecule has 0 saturated heterocycles. The van der Waals surface area contributed by atoms with E-state index in [0.717, 1.165) is 12.0 Å². The highest BCUT2D eigenvalue weighted by Crippen LogP contribution is 2.04. The van der Waals surface area contributed by atoms with Crippen molar-refractivity contribution in [1.82, 2.24) is 5.32 Å². The average molecular weight is 385 g/mol. The Balaban J connectivity index is 2.14. The molecule has 152 valence electrons. The fraction of sp³-hybridized carbons (Fsp3) is 0.364. The van der Waals surface area contributed by atoms with E-state index >= 15 is 0 Å². The van der Waals surface area contributed by atoms with Crippen molar-refractivity contribution in [2.45, 2.75) is 31.3 Å². The molecule has 0 amide bonds. The van der Waals surface area contributed by atoms with Gasteiger partial charge >= 0.3 is 0 Å². The van der Waals surface area contributed by atoms with Crippen LogP contribution >= 0.6 is 0 Å². The standard InChI is InChI=1S/C22H32N4O2/c1-4-10-19(5-2)15-21(23)17-25-27-13-9-14-28-26-18-22(24-3)16-20-11-7-6-8-12-20/h4-8,10-12,17-18,21-22,24H,1-2,9,13-16,23H2,3H3/b19-10+,25-17?,26-18-/t21-,22?/m0/s1. The first-order chi connectivity index (χ1) is 13.7. The lowest BCUT2D eigenvalue weighted by Gasteiger charge is -2.10. The third kappa shape index (κ3) is 11.1. The van der Waals surface area contributed by atoms with Crippen molar-refractivity contribution in [3.8, 4) is 0 Å². The summed E-state index contributed by atoms with van der Waals surface area (Å²) in [5.74, 6) is 0. The van der Waals surface area contributed by atoms with Gasteiger partial charge in [0.1, 0.15) is 13.2 Å². The van der Waals surface area contributed by atoms with Crippen molar-refractivity contribution < 1.29 is 9.68 Å². The minimum atomic E-state index is -0.229. The normalized spacial score (nSPS) is 14.1. The molecule has 6 nitrogen and oxygen atoms in total. The van der Waals surface area contributed by atoms with Crippen molar-refractivity contribution in [3.63, 3.8) is 0 Å². The van der Waals surface area contributed by atoms with Gasteiger partial charge in [-0.05, 0) is 31.0 Å². The van der Waals surface area contributed by atoms with E-state index in [1.165, 1.54) is 5.56 Å². The number of allylic oxidation sites excluding steroid dienone is 3. The zero-order chi connectivity index (χ0) is 20.5. The van der Waals surface area contributed by atoms with Crippen molar-refractivity contribution in [2.24, 2.45) is 16.0 Å². The van der Waals surface area contributed by atoms with Gasteiger partial charge in [0.25, 0.3) is 0 Å². The van der Waals surface area contributed by atoms with Crippen LogP contribution in [0.3, 0.4) is 0 Å². The highest BCUT2D eigenvalue weighted by atomic mass is 16.6. The van der Waals surface area contributed by atoms with E-state index in [9.17, 15) is 0 Å². The maximum Gasteiger partial charge on any atom is 0.120 e. The van der Waals surface area contributed by atoms with Crippen LogP contribution in [0.4, 0.5) is 0 Å². The van der Waals surface area contributed by atoms with Crippen LogP contribution in [-0.2, 0) is 16.1 Å². The Morgan fingerprint density at radius 3 is 2.43 bits per heavy atom. The first-order valence-corrected chi connectivity index (χ1v) is 9.41. The fourth-order valence-corrected chi connectivity index (χ4v) is 2.32. The zero-order valence-corrected chi connectivity index (χ0v) is 16.7. The molecule has 0 heterocycles. The Labute approximate surface area is 168 Å². The van der Waals surface area contributed by atoms with Crippen LogP contribution < -0.4 is 11.1 Å². The molecule has 0 bridgehead atoms. The van der Waals surface area contributed by atoms with Gasteiger partial charge in [-0.2, -0.15) is 0 Å². The van der Waals surface area contributed by atoms with Crippen LogP contribution in [0.5, 0.6) is 0 Å². The number of nitrogens with two attached hydrogens (primary N) is 1. The molecule has 3 N–H and O–H groups in total. The molecular weight excluding hydrogens is 352 g/mol. The van der Waals surface area contributed by atoms with Crippen molar-refractivity contribution in [2.75, 3.05) is 20.3 Å². The maximum atomic E-state index is 5.96. The molecule has 6 heteroatoms. The van der Waals surface area contributed by atoms with Crippen molar-refractivity contribution in [3.05, 3.63) is 72.9 Å². The Morgan fingerprint density at radius 1 is 1.14 bits per heavy atom. The lowest BCUT2D eigenvalue weighted by Crippen LogP contribution is -2.29. The molecule has 1 aromatic rings. The van der Waals surface area contributed by atoms with Gasteiger partial charge in [0.15, 0.2) is 0 Å². The summed E-state index contributed by atoms with van der Waals surface area (Å²) in [4.78, 5) is 10.5. The predicted molar refractivity (Wildman–Crippen MR) is 118 cm³/mol. The number of hydrogen-bond acceptors (Lipinski definition) is 6. The van der Waals surface area contributed by atoms with Crippen LogP contribution in [-0.4, -0.2) is 44.8 Å². The van der Waals surface area contributed by atoms with Gasteiger partial charge in [0.2, 0.25) is 0 Å². The van der Waals surface area contributed by atoms with Crippen LogP contribution in [0.25, 0.3) is 0 Å². The molecule has 1 rings (SSSR count). The maximum absolute atomic E-state index is 5.96. The van der Waals surface area contributed by atoms with E-state index in [1.54, 1.807) is 24.6 Å². The van der Waals surface area contributed by atoms with Gasteiger partial charge in [0.05, 0.1) is 12.4 Å². The van der Waals surface area contributed by atoms with Gasteiger partial charge in [-0.15, -0.1) is 0 Å². The summed E-state index contributed by atoms with van der Waals surface area (Å²) < 4.78 is 0. The highest BCUT2D eigenvalue weighted by Gasteiger charge is 2.04. The van der Waals surface area contributed by atoms with E-state index in [4.69, 9.17) is 15.4 Å². The molecule has 0 aliphatic carbocycles. The molecular formula is C22H32N4O2. The summed E-state index contributed by atoms with van der Waals surface area (Å²) >= 11 is 0. The van der Waals surface area contributed by atoms with E-state index in [1.807, 2.05) is 31.3 Å². The van der Waals surface area contributed by atoms with E-state index < -0.39 is 0 Å². The number of nitrogens with one attached hydrogen (secondary N) is 1. The quantitative estimate of drug-likeness (QED) is 0.211. The SMILES string of the molecule is C=C/C=C(\C=C)C[C@H](N)C=NOCCCO/N=C\C(Cc1ccccc1)NC. The average Bonchev–Trinajstić information content (AvgIpc) is 2.72. The molecule has 0 spiro atoms. The third-order valence-electron chi connectivity index (χ3n) is 3.85. The number of benzene rings is 1. The van der Waals surface area contributed by atoms with Crippen LogP contribution in [0, 0.1) is 0 Å². The molecule has 0 radical (unpaired) electrons. The number of rotatable bonds is 15. The Bertz CT molecular complexity index is 641. The molecule has 0 fully saturated rings. The van der Waals surface area contributed by atoms with Gasteiger partial charge in [-0.3, -0.25) is 0 Å². The lowest BCUT2D eigenvalue weighted by molar-refractivity contribution is 0.0905. The number of likely N-dealkylation sites (N-methyl/N-ethyl adjacent to an activating group) is 1. The highest BCUT2D eigenvalue weighted by molar-refractivity contribution is 5.64. The first kappa shape index (κ1) is 23.3. The molecule has 1 unspecified atom stereocenters. The van der Waals surface area contributed by atoms with E-state index in [2.05, 4.69) is 40.9 Å². The molecule has 0 aliphatic heterocycles. The Hall–Kier alpha value is -2.70. The third-order valence-corrected chi connectivity index (χ3v) is 3.85. The van der Waals surface area contributed by atoms with E-state index in [-0.39, 0.29) is 12.1 Å². The number of hydrogen-bond donors (Lipinski definition) is 2. The van der Waals surface area contributed by atoms with E-state index in [0.29, 0.717) is 26.1 Å². The minimum Gasteiger partial charge on any atom is -0.396 e. The van der Waals surface area contributed by atoms with Crippen molar-refractivity contribution >= 4 is 12.4 Å². The Morgan fingerprint density at radius 2 is 1.82 bits per heavy atom. The second-order valence-corrected chi connectivity index (χ2v) is 6.16. The summed E-state index contributed by atoms with van der Waals surface area (Å²) in [5, 5.41) is 11.1. The van der Waals surface area contributed by atoms with Gasteiger partial charge in [-0.25, -0.2) is 0 Å². The largest absolute Gasteiger partial charge is 0.396 e. The second-order valence-electron chi connectivity index (χ2n) is 6.16. The molecule has 0 aromatic heterocycles. The molecule has 28 heavy (non-hydrogen) atoms. The van der Waals surface area contributed by atoms with Gasteiger partial charge in [-0.1, -0.05) is 72.0 Å². The van der Waals surface area contributed by atoms with Crippen molar-refractivity contribution in [1.29, 1.82) is 0 Å². The summed E-state index contributed by atoms with van der Waals surface area (Å²) in [6, 6.07) is 10.2. The first-order valence-electron chi connectivity index (χ1n) is 9.41. The van der Waals surface area contributed by atoms with Crippen LogP contribution in [0.1, 0.15) is 18.4 Å².